The summed E-state index contributed by atoms with van der Waals surface area (Å²) in [6.45, 7) is 2.88. The highest BCUT2D eigenvalue weighted by molar-refractivity contribution is 7.89. The van der Waals surface area contributed by atoms with Crippen molar-refractivity contribution < 1.29 is 22.8 Å². The van der Waals surface area contributed by atoms with Crippen LogP contribution >= 0.6 is 22.9 Å². The van der Waals surface area contributed by atoms with E-state index in [0.717, 1.165) is 30.1 Å². The van der Waals surface area contributed by atoms with Crippen molar-refractivity contribution in [2.45, 2.75) is 37.4 Å². The van der Waals surface area contributed by atoms with Gasteiger partial charge >= 0.3 is 0 Å². The normalized spacial score (nSPS) is 18.6. The number of nitrogens with zero attached hydrogens (tertiary/aromatic N) is 5. The summed E-state index contributed by atoms with van der Waals surface area (Å²) in [6, 6.07) is 4.09. The first kappa shape index (κ1) is 28.7. The average Bonchev–Trinajstić information content (AvgIpc) is 3.49. The maximum Gasteiger partial charge on any atom is 0.283 e. The number of halogens is 1. The van der Waals surface area contributed by atoms with Crippen LogP contribution in [0, 0.1) is 0 Å². The van der Waals surface area contributed by atoms with Crippen molar-refractivity contribution in [2.75, 3.05) is 47.3 Å². The maximum atomic E-state index is 13.9. The molecule has 2 aliphatic heterocycles. The third-order valence-corrected chi connectivity index (χ3v) is 10.5. The molecule has 5 rings (SSSR count). The fraction of sp³-hybridized carbons (Fsp3) is 0.462. The Morgan fingerprint density at radius 1 is 1.20 bits per heavy atom. The quantitative estimate of drug-likeness (QED) is 0.427. The van der Waals surface area contributed by atoms with Gasteiger partial charge in [-0.15, -0.1) is 11.3 Å². The van der Waals surface area contributed by atoms with Crippen molar-refractivity contribution in [1.29, 1.82) is 0 Å². The number of sulfonamides is 1. The second-order valence-electron chi connectivity index (χ2n) is 10.5. The highest BCUT2D eigenvalue weighted by atomic mass is 35.5. The minimum Gasteiger partial charge on any atom is -0.349 e. The number of benzene rings is 1. The van der Waals surface area contributed by atoms with Gasteiger partial charge in [0.1, 0.15) is 0 Å². The Labute approximate surface area is 241 Å². The number of hydrogen-bond donors (Lipinski definition) is 1. The number of amides is 2. The van der Waals surface area contributed by atoms with Crippen LogP contribution in [-0.2, 0) is 27.8 Å². The van der Waals surface area contributed by atoms with Crippen LogP contribution in [-0.4, -0.2) is 108 Å². The molecule has 1 fully saturated rings. The number of H-pyrrole nitrogens is 1. The second-order valence-corrected chi connectivity index (χ2v) is 13.9. The third-order valence-electron chi connectivity index (χ3n) is 7.40. The van der Waals surface area contributed by atoms with E-state index in [1.54, 1.807) is 37.2 Å². The highest BCUT2D eigenvalue weighted by Crippen LogP contribution is 2.32. The molecule has 0 spiro atoms. The van der Waals surface area contributed by atoms with Crippen LogP contribution in [0.3, 0.4) is 0 Å². The molecular weight excluding hydrogens is 576 g/mol. The number of likely N-dealkylation sites (N-methyl/N-ethyl adjacent to an activating group) is 1. The minimum atomic E-state index is -4.19. The number of ketones is 1. The predicted octanol–water partition coefficient (Wildman–Crippen LogP) is 2.46. The van der Waals surface area contributed by atoms with Gasteiger partial charge < -0.3 is 19.7 Å². The molecule has 0 saturated carbocycles. The molecule has 2 aliphatic rings. The Hall–Kier alpha value is -2.84. The van der Waals surface area contributed by atoms with E-state index >= 15 is 0 Å². The number of carbonyl (C=O) groups is 3. The first-order valence-corrected chi connectivity index (χ1v) is 15.5. The molecule has 0 bridgehead atoms. The molecule has 1 aromatic carbocycles. The van der Waals surface area contributed by atoms with Crippen LogP contribution in [0.25, 0.3) is 10.9 Å². The lowest BCUT2D eigenvalue weighted by Gasteiger charge is -2.40. The monoisotopic (exact) mass is 606 g/mol. The van der Waals surface area contributed by atoms with Gasteiger partial charge in [0.2, 0.25) is 5.91 Å². The fourth-order valence-electron chi connectivity index (χ4n) is 5.22. The zero-order chi connectivity index (χ0) is 28.9. The lowest BCUT2D eigenvalue weighted by Crippen LogP contribution is -2.57. The van der Waals surface area contributed by atoms with E-state index in [0.29, 0.717) is 20.9 Å². The summed E-state index contributed by atoms with van der Waals surface area (Å²) >= 11 is 7.49. The van der Waals surface area contributed by atoms with Crippen molar-refractivity contribution in [3.8, 4) is 0 Å². The Kier molecular flexibility index (Phi) is 7.79. The number of aromatic nitrogens is 2. The zero-order valence-electron chi connectivity index (χ0n) is 22.7. The van der Waals surface area contributed by atoms with Crippen molar-refractivity contribution in [3.05, 3.63) is 44.4 Å². The van der Waals surface area contributed by atoms with E-state index in [2.05, 4.69) is 14.9 Å². The number of Topliss-reactive ketones (excluding diaryl/α,β-unsaturated/α-hetero) is 1. The Morgan fingerprint density at radius 2 is 1.95 bits per heavy atom. The number of fused-ring (bicyclic) bond motifs is 2. The van der Waals surface area contributed by atoms with Crippen LogP contribution in [0.2, 0.25) is 5.02 Å². The summed E-state index contributed by atoms with van der Waals surface area (Å²) in [5, 5.41) is 0.935. The van der Waals surface area contributed by atoms with Gasteiger partial charge in [-0.3, -0.25) is 14.4 Å². The third kappa shape index (κ3) is 5.28. The topological polar surface area (TPSA) is 127 Å². The molecule has 4 heterocycles. The van der Waals surface area contributed by atoms with E-state index < -0.39 is 21.8 Å². The molecule has 1 saturated heterocycles. The summed E-state index contributed by atoms with van der Waals surface area (Å²) in [5.74, 6) is -0.953. The summed E-state index contributed by atoms with van der Waals surface area (Å²) in [5.41, 5.74) is 1.43. The molecule has 3 aromatic rings. The molecule has 1 atom stereocenters. The molecule has 14 heteroatoms. The molecule has 11 nitrogen and oxygen atoms in total. The number of thiazole rings is 1. The van der Waals surface area contributed by atoms with Gasteiger partial charge in [0.05, 0.1) is 17.3 Å². The lowest BCUT2D eigenvalue weighted by atomic mass is 10.1. The van der Waals surface area contributed by atoms with E-state index in [4.69, 9.17) is 11.6 Å². The summed E-state index contributed by atoms with van der Waals surface area (Å²) in [7, 11) is 1.06. The molecule has 0 aliphatic carbocycles. The smallest absolute Gasteiger partial charge is 0.283 e. The van der Waals surface area contributed by atoms with E-state index in [9.17, 15) is 22.8 Å². The number of carbonyl (C=O) groups excluding carboxylic acids is 3. The number of piperazine rings is 1. The van der Waals surface area contributed by atoms with Gasteiger partial charge in [-0.25, -0.2) is 13.4 Å². The van der Waals surface area contributed by atoms with Gasteiger partial charge in [-0.2, -0.15) is 4.31 Å². The molecular formula is C26H31ClN6O5S2. The van der Waals surface area contributed by atoms with Crippen molar-refractivity contribution >= 4 is 61.5 Å². The van der Waals surface area contributed by atoms with E-state index in [1.807, 2.05) is 7.05 Å². The predicted molar refractivity (Wildman–Crippen MR) is 152 cm³/mol. The van der Waals surface area contributed by atoms with Crippen LogP contribution < -0.4 is 0 Å². The molecule has 2 aromatic heterocycles. The first-order chi connectivity index (χ1) is 18.9. The lowest BCUT2D eigenvalue weighted by molar-refractivity contribution is -0.130. The Bertz CT molecular complexity index is 1610. The summed E-state index contributed by atoms with van der Waals surface area (Å²) < 4.78 is 29.1. The van der Waals surface area contributed by atoms with Gasteiger partial charge in [0, 0.05) is 80.5 Å². The van der Waals surface area contributed by atoms with Crippen LogP contribution in [0.15, 0.2) is 23.2 Å². The molecule has 0 radical (unpaired) electrons. The average molecular weight is 607 g/mol. The molecule has 2 amide bonds. The van der Waals surface area contributed by atoms with Crippen molar-refractivity contribution in [2.24, 2.45) is 0 Å². The van der Waals surface area contributed by atoms with Crippen LogP contribution in [0.5, 0.6) is 0 Å². The van der Waals surface area contributed by atoms with E-state index in [1.165, 1.54) is 27.5 Å². The fourth-order valence-corrected chi connectivity index (χ4v) is 8.24. The van der Waals surface area contributed by atoms with Gasteiger partial charge in [0.15, 0.2) is 15.8 Å². The Balaban J connectivity index is 1.47. The van der Waals surface area contributed by atoms with Gasteiger partial charge in [-0.05, 0) is 32.2 Å². The van der Waals surface area contributed by atoms with Crippen LogP contribution in [0.4, 0.5) is 0 Å². The van der Waals surface area contributed by atoms with E-state index in [-0.39, 0.29) is 48.5 Å². The van der Waals surface area contributed by atoms with Gasteiger partial charge in [-0.1, -0.05) is 11.6 Å². The summed E-state index contributed by atoms with van der Waals surface area (Å²) in [4.78, 5) is 52.8. The molecule has 1 unspecified atom stereocenters. The maximum absolute atomic E-state index is 13.9. The first-order valence-electron chi connectivity index (χ1n) is 12.9. The highest BCUT2D eigenvalue weighted by Gasteiger charge is 2.41. The number of nitrogens with one attached hydrogen (secondary N) is 1. The standard InChI is InChI=1S/C26H31ClN6O5S2/c1-15(34)23-18-11-16(27)5-6-19(18)29-25(23)40(37,38)32-9-10-33(17(13-32)12-22(35)30(2)3)26(36)24-28-20-7-8-31(4)14-21(20)39-24/h5-6,11,17,29H,7-10,12-14H2,1-4H3. The minimum absolute atomic E-state index is 0.00201. The molecule has 1 N–H and O–H groups in total. The van der Waals surface area contributed by atoms with Crippen molar-refractivity contribution in [3.63, 3.8) is 0 Å². The number of rotatable bonds is 6. The SMILES string of the molecule is CC(=O)c1c(S(=O)(=O)N2CCN(C(=O)c3nc4c(s3)CN(C)CC4)C(CC(=O)N(C)C)C2)[nH]c2ccc(Cl)cc12. The van der Waals surface area contributed by atoms with Crippen LogP contribution in [0.1, 0.15) is 44.1 Å². The number of hydrogen-bond acceptors (Lipinski definition) is 8. The van der Waals surface area contributed by atoms with Crippen molar-refractivity contribution in [1.82, 2.24) is 29.0 Å². The second kappa shape index (κ2) is 10.9. The van der Waals surface area contributed by atoms with Gasteiger partial charge in [0.25, 0.3) is 15.9 Å². The largest absolute Gasteiger partial charge is 0.349 e. The molecule has 214 valence electrons. The number of aromatic amines is 1. The Morgan fingerprint density at radius 3 is 2.65 bits per heavy atom. The zero-order valence-corrected chi connectivity index (χ0v) is 25.1. The summed E-state index contributed by atoms with van der Waals surface area (Å²) in [6.07, 6.45) is 0.707. The molecule has 40 heavy (non-hydrogen) atoms.